The van der Waals surface area contributed by atoms with Crippen molar-refractivity contribution in [2.75, 3.05) is 13.6 Å². The van der Waals surface area contributed by atoms with E-state index in [1.165, 1.54) is 6.40 Å². The van der Waals surface area contributed by atoms with Crippen molar-refractivity contribution >= 4 is 12.3 Å². The predicted octanol–water partition coefficient (Wildman–Crippen LogP) is 0.401. The number of amides is 1. The Balaban J connectivity index is 2.26. The molecule has 0 aromatic carbocycles. The monoisotopic (exact) mass is 239 g/mol. The molecule has 0 aromatic rings. The molecular weight excluding hydrogens is 218 g/mol. The molecule has 2 aliphatic heterocycles. The van der Waals surface area contributed by atoms with Gasteiger partial charge in [-0.2, -0.15) is 0 Å². The van der Waals surface area contributed by atoms with E-state index in [4.69, 9.17) is 4.74 Å². The maximum atomic E-state index is 12.5. The number of hydrogen-bond acceptors (Lipinski definition) is 4. The summed E-state index contributed by atoms with van der Waals surface area (Å²) in [5, 5.41) is 3.07. The average molecular weight is 239 g/mol. The summed E-state index contributed by atoms with van der Waals surface area (Å²) in [5.74, 6) is 0.109. The summed E-state index contributed by atoms with van der Waals surface area (Å²) in [7, 11) is 1.80. The zero-order valence-electron chi connectivity index (χ0n) is 10.9. The van der Waals surface area contributed by atoms with Crippen LogP contribution in [0.25, 0.3) is 0 Å². The fraction of sp³-hybridized carbons (Fsp3) is 0.833. The van der Waals surface area contributed by atoms with Gasteiger partial charge in [0.1, 0.15) is 12.1 Å². The minimum absolute atomic E-state index is 0.101. The maximum Gasteiger partial charge on any atom is 0.244 e. The van der Waals surface area contributed by atoms with Crippen molar-refractivity contribution < 1.29 is 9.53 Å². The summed E-state index contributed by atoms with van der Waals surface area (Å²) in [4.78, 5) is 18.7. The van der Waals surface area contributed by atoms with Crippen molar-refractivity contribution in [3.05, 3.63) is 0 Å². The van der Waals surface area contributed by atoms with Crippen molar-refractivity contribution in [3.63, 3.8) is 0 Å². The molecule has 1 N–H and O–H groups in total. The topological polar surface area (TPSA) is 53.9 Å². The fourth-order valence-electron chi connectivity index (χ4n) is 2.53. The van der Waals surface area contributed by atoms with E-state index < -0.39 is 0 Å². The number of ether oxygens (including phenoxy) is 1. The molecule has 3 atom stereocenters. The average Bonchev–Trinajstić information content (AvgIpc) is 2.61. The largest absolute Gasteiger partial charge is 0.476 e. The quantitative estimate of drug-likeness (QED) is 0.720. The first-order chi connectivity index (χ1) is 7.95. The van der Waals surface area contributed by atoms with E-state index in [1.807, 2.05) is 4.90 Å². The van der Waals surface area contributed by atoms with Gasteiger partial charge in [0.2, 0.25) is 5.91 Å². The number of likely N-dealkylation sites (tertiary alicyclic amines) is 1. The van der Waals surface area contributed by atoms with Crippen LogP contribution in [0.3, 0.4) is 0 Å². The van der Waals surface area contributed by atoms with Crippen molar-refractivity contribution in [2.45, 2.75) is 50.9 Å². The van der Waals surface area contributed by atoms with E-state index in [0.29, 0.717) is 0 Å². The lowest BCUT2D eigenvalue weighted by Crippen LogP contribution is -2.55. The van der Waals surface area contributed by atoms with Gasteiger partial charge in [0.25, 0.3) is 0 Å². The van der Waals surface area contributed by atoms with Gasteiger partial charge in [0, 0.05) is 12.1 Å². The van der Waals surface area contributed by atoms with Gasteiger partial charge >= 0.3 is 0 Å². The van der Waals surface area contributed by atoms with Crippen LogP contribution >= 0.6 is 0 Å². The molecule has 0 radical (unpaired) electrons. The molecule has 0 bridgehead atoms. The number of likely N-dealkylation sites (N-methyl/N-ethyl adjacent to an activating group) is 1. The highest BCUT2D eigenvalue weighted by atomic mass is 16.5. The Morgan fingerprint density at radius 3 is 2.82 bits per heavy atom. The SMILES string of the molecule is CNC1C(=O)N(C(C)(C)C)CCC2N=COC21. The minimum atomic E-state index is -0.302. The van der Waals surface area contributed by atoms with E-state index >= 15 is 0 Å². The molecule has 0 aromatic heterocycles. The highest BCUT2D eigenvalue weighted by molar-refractivity contribution is 5.84. The van der Waals surface area contributed by atoms with Crippen LogP contribution < -0.4 is 5.32 Å². The summed E-state index contributed by atoms with van der Waals surface area (Å²) in [6.07, 6.45) is 2.20. The van der Waals surface area contributed by atoms with E-state index in [2.05, 4.69) is 31.1 Å². The van der Waals surface area contributed by atoms with Crippen LogP contribution in [0.5, 0.6) is 0 Å². The number of nitrogens with one attached hydrogen (secondary N) is 1. The van der Waals surface area contributed by atoms with Crippen LogP contribution in [-0.2, 0) is 9.53 Å². The molecule has 5 nitrogen and oxygen atoms in total. The molecule has 1 saturated heterocycles. The van der Waals surface area contributed by atoms with E-state index in [9.17, 15) is 4.79 Å². The lowest BCUT2D eigenvalue weighted by atomic mass is 10.0. The Kier molecular flexibility index (Phi) is 3.12. The van der Waals surface area contributed by atoms with Crippen LogP contribution in [0.4, 0.5) is 0 Å². The second kappa shape index (κ2) is 4.29. The molecule has 96 valence electrons. The molecule has 0 saturated carbocycles. The molecule has 3 unspecified atom stereocenters. The van der Waals surface area contributed by atoms with Crippen LogP contribution in [0.15, 0.2) is 4.99 Å². The highest BCUT2D eigenvalue weighted by Crippen LogP contribution is 2.26. The summed E-state index contributed by atoms with van der Waals surface area (Å²) in [5.41, 5.74) is -0.158. The number of nitrogens with zero attached hydrogens (tertiary/aromatic N) is 2. The molecule has 5 heteroatoms. The Bertz CT molecular complexity index is 335. The summed E-state index contributed by atoms with van der Waals surface area (Å²) in [6.45, 7) is 6.91. The van der Waals surface area contributed by atoms with Gasteiger partial charge in [-0.25, -0.2) is 0 Å². The molecule has 17 heavy (non-hydrogen) atoms. The first kappa shape index (κ1) is 12.4. The molecule has 1 fully saturated rings. The molecule has 2 rings (SSSR count). The summed E-state index contributed by atoms with van der Waals surface area (Å²) < 4.78 is 5.47. The van der Waals surface area contributed by atoms with Crippen molar-refractivity contribution in [1.82, 2.24) is 10.2 Å². The lowest BCUT2D eigenvalue weighted by Gasteiger charge is -2.36. The number of fused-ring (bicyclic) bond motifs is 1. The van der Waals surface area contributed by atoms with Gasteiger partial charge in [0.05, 0.1) is 6.04 Å². The Hall–Kier alpha value is -1.10. The van der Waals surface area contributed by atoms with Crippen LogP contribution in [0, 0.1) is 0 Å². The zero-order chi connectivity index (χ0) is 12.6. The highest BCUT2D eigenvalue weighted by Gasteiger charge is 2.44. The van der Waals surface area contributed by atoms with Crippen LogP contribution in [-0.4, -0.2) is 54.5 Å². The van der Waals surface area contributed by atoms with Gasteiger partial charge in [-0.15, -0.1) is 0 Å². The second-order valence-electron chi connectivity index (χ2n) is 5.64. The molecular formula is C12H21N3O2. The molecule has 2 aliphatic rings. The Labute approximate surface area is 102 Å². The Morgan fingerprint density at radius 2 is 2.24 bits per heavy atom. The van der Waals surface area contributed by atoms with Gasteiger partial charge in [-0.05, 0) is 34.2 Å². The second-order valence-corrected chi connectivity index (χ2v) is 5.64. The molecule has 2 heterocycles. The third-order valence-corrected chi connectivity index (χ3v) is 3.48. The van der Waals surface area contributed by atoms with Gasteiger partial charge in [0.15, 0.2) is 6.40 Å². The third-order valence-electron chi connectivity index (χ3n) is 3.48. The lowest BCUT2D eigenvalue weighted by molar-refractivity contribution is -0.139. The van der Waals surface area contributed by atoms with E-state index in [0.717, 1.165) is 13.0 Å². The van der Waals surface area contributed by atoms with E-state index in [1.54, 1.807) is 7.05 Å². The van der Waals surface area contributed by atoms with Crippen molar-refractivity contribution in [2.24, 2.45) is 4.99 Å². The zero-order valence-corrected chi connectivity index (χ0v) is 10.9. The Morgan fingerprint density at radius 1 is 1.53 bits per heavy atom. The number of aliphatic imine (C=N–C) groups is 1. The molecule has 0 aliphatic carbocycles. The standard InChI is InChI=1S/C12H21N3O2/c1-12(2,3)15-6-5-8-10(17-7-14-8)9(13-4)11(15)16/h7-10,13H,5-6H2,1-4H3. The van der Waals surface area contributed by atoms with Crippen LogP contribution in [0.1, 0.15) is 27.2 Å². The molecule has 1 amide bonds. The first-order valence-corrected chi connectivity index (χ1v) is 6.11. The van der Waals surface area contributed by atoms with Crippen molar-refractivity contribution in [3.8, 4) is 0 Å². The van der Waals surface area contributed by atoms with Gasteiger partial charge in [-0.1, -0.05) is 0 Å². The van der Waals surface area contributed by atoms with Crippen molar-refractivity contribution in [1.29, 1.82) is 0 Å². The maximum absolute atomic E-state index is 12.5. The summed E-state index contributed by atoms with van der Waals surface area (Å²) >= 11 is 0. The fourth-order valence-corrected chi connectivity index (χ4v) is 2.53. The normalized spacial score (nSPS) is 33.3. The number of carbonyl (C=O) groups is 1. The van der Waals surface area contributed by atoms with Gasteiger partial charge in [-0.3, -0.25) is 9.79 Å². The first-order valence-electron chi connectivity index (χ1n) is 6.11. The minimum Gasteiger partial charge on any atom is -0.476 e. The molecule has 0 spiro atoms. The number of carbonyl (C=O) groups excluding carboxylic acids is 1. The predicted molar refractivity (Wildman–Crippen MR) is 66.1 cm³/mol. The number of rotatable bonds is 1. The smallest absolute Gasteiger partial charge is 0.244 e. The van der Waals surface area contributed by atoms with Crippen LogP contribution in [0.2, 0.25) is 0 Å². The van der Waals surface area contributed by atoms with E-state index in [-0.39, 0.29) is 29.6 Å². The third kappa shape index (κ3) is 2.16. The summed E-state index contributed by atoms with van der Waals surface area (Å²) in [6, 6.07) is -0.201. The number of hydrogen-bond donors (Lipinski definition) is 1. The van der Waals surface area contributed by atoms with Gasteiger partial charge < -0.3 is 15.0 Å².